The molecule has 7 heteroatoms. The lowest BCUT2D eigenvalue weighted by molar-refractivity contribution is 0.0926. The number of benzene rings is 2. The van der Waals surface area contributed by atoms with Gasteiger partial charge < -0.3 is 14.8 Å². The van der Waals surface area contributed by atoms with Crippen LogP contribution in [0, 0.1) is 18.7 Å². The summed E-state index contributed by atoms with van der Waals surface area (Å²) in [6, 6.07) is 13.0. The summed E-state index contributed by atoms with van der Waals surface area (Å²) in [5.41, 5.74) is 4.43. The van der Waals surface area contributed by atoms with Gasteiger partial charge in [-0.2, -0.15) is 0 Å². The Balaban J connectivity index is 1.36. The van der Waals surface area contributed by atoms with Crippen molar-refractivity contribution in [3.63, 3.8) is 0 Å². The number of aromatic nitrogens is 1. The van der Waals surface area contributed by atoms with E-state index in [2.05, 4.69) is 21.3 Å². The number of carbonyl (C=O) groups excluding carboxylic acids is 1. The lowest BCUT2D eigenvalue weighted by atomic mass is 9.98. The molecule has 3 aromatic rings. The molecule has 200 valence electrons. The predicted molar refractivity (Wildman–Crippen MR) is 146 cm³/mol. The molecule has 38 heavy (non-hydrogen) atoms. The van der Waals surface area contributed by atoms with Gasteiger partial charge in [0.2, 0.25) is 0 Å². The second-order valence-corrected chi connectivity index (χ2v) is 10.2. The first kappa shape index (κ1) is 26.2. The van der Waals surface area contributed by atoms with Crippen LogP contribution in [0.5, 0.6) is 11.5 Å². The second kappa shape index (κ2) is 11.5. The molecule has 1 aliphatic carbocycles. The molecule has 2 aromatic carbocycles. The number of aryl methyl sites for hydroxylation is 1. The van der Waals surface area contributed by atoms with Gasteiger partial charge in [0.05, 0.1) is 24.3 Å². The lowest BCUT2D eigenvalue weighted by Crippen LogP contribution is -2.39. The van der Waals surface area contributed by atoms with Gasteiger partial charge in [0.25, 0.3) is 5.91 Å². The van der Waals surface area contributed by atoms with Gasteiger partial charge in [-0.3, -0.25) is 14.7 Å². The van der Waals surface area contributed by atoms with Crippen molar-refractivity contribution in [3.8, 4) is 22.6 Å². The molecule has 1 aliphatic heterocycles. The van der Waals surface area contributed by atoms with E-state index in [4.69, 9.17) is 9.47 Å². The van der Waals surface area contributed by atoms with Crippen molar-refractivity contribution in [3.05, 3.63) is 77.4 Å². The van der Waals surface area contributed by atoms with Crippen LogP contribution in [0.4, 0.5) is 4.39 Å². The van der Waals surface area contributed by atoms with E-state index in [9.17, 15) is 9.18 Å². The number of halogens is 1. The van der Waals surface area contributed by atoms with Gasteiger partial charge in [-0.1, -0.05) is 18.2 Å². The fraction of sp³-hybridized carbons (Fsp3) is 0.419. The smallest absolute Gasteiger partial charge is 0.253 e. The van der Waals surface area contributed by atoms with E-state index in [1.54, 1.807) is 24.5 Å². The molecular formula is C31H36FN3O3. The highest BCUT2D eigenvalue weighted by atomic mass is 19.1. The highest BCUT2D eigenvalue weighted by Gasteiger charge is 2.44. The third kappa shape index (κ3) is 5.39. The molecular weight excluding hydrogens is 481 g/mol. The molecule has 6 nitrogen and oxygen atoms in total. The maximum Gasteiger partial charge on any atom is 0.253 e. The highest BCUT2D eigenvalue weighted by molar-refractivity contribution is 5.94. The van der Waals surface area contributed by atoms with Crippen molar-refractivity contribution in [2.24, 2.45) is 5.92 Å². The van der Waals surface area contributed by atoms with Crippen molar-refractivity contribution in [1.82, 2.24) is 15.2 Å². The van der Waals surface area contributed by atoms with Gasteiger partial charge in [-0.25, -0.2) is 4.39 Å². The van der Waals surface area contributed by atoms with E-state index in [-0.39, 0.29) is 17.8 Å². The van der Waals surface area contributed by atoms with E-state index in [0.717, 1.165) is 66.1 Å². The van der Waals surface area contributed by atoms with E-state index < -0.39 is 0 Å². The average molecular weight is 518 g/mol. The largest absolute Gasteiger partial charge is 0.493 e. The van der Waals surface area contributed by atoms with Crippen molar-refractivity contribution in [2.75, 3.05) is 19.8 Å². The maximum atomic E-state index is 13.7. The Hall–Kier alpha value is -3.45. The Labute approximate surface area is 224 Å². The molecule has 1 saturated heterocycles. The summed E-state index contributed by atoms with van der Waals surface area (Å²) in [6.45, 7) is 8.65. The molecule has 1 saturated carbocycles. The lowest BCUT2D eigenvalue weighted by Gasteiger charge is -2.27. The fourth-order valence-corrected chi connectivity index (χ4v) is 6.11. The summed E-state index contributed by atoms with van der Waals surface area (Å²) in [4.78, 5) is 19.6. The molecule has 2 aliphatic rings. The number of pyridine rings is 1. The average Bonchev–Trinajstić information content (AvgIpc) is 3.49. The van der Waals surface area contributed by atoms with Gasteiger partial charge in [-0.05, 0) is 87.9 Å². The Bertz CT molecular complexity index is 1280. The van der Waals surface area contributed by atoms with E-state index >= 15 is 0 Å². The Morgan fingerprint density at radius 2 is 1.84 bits per heavy atom. The molecule has 0 spiro atoms. The Morgan fingerprint density at radius 3 is 2.58 bits per heavy atom. The highest BCUT2D eigenvalue weighted by Crippen LogP contribution is 2.44. The number of ether oxygens (including phenoxy) is 2. The van der Waals surface area contributed by atoms with Crippen molar-refractivity contribution in [1.29, 1.82) is 0 Å². The summed E-state index contributed by atoms with van der Waals surface area (Å²) in [5, 5.41) is 3.29. The molecule has 3 atom stereocenters. The number of nitrogens with one attached hydrogen (secondary N) is 1. The fourth-order valence-electron chi connectivity index (χ4n) is 6.11. The predicted octanol–water partition coefficient (Wildman–Crippen LogP) is 5.78. The SMILES string of the molecule is CCOc1ccc(CN2CCC3C(NC(=O)c4cncc(C)c4)CCC32)c(OCC)c1-c1ccc(F)cc1. The van der Waals surface area contributed by atoms with Crippen LogP contribution in [0.25, 0.3) is 11.1 Å². The first-order valence-corrected chi connectivity index (χ1v) is 13.6. The third-order valence-corrected chi connectivity index (χ3v) is 7.75. The number of likely N-dealkylation sites (tertiary alicyclic amines) is 1. The quantitative estimate of drug-likeness (QED) is 0.390. The van der Waals surface area contributed by atoms with E-state index in [1.807, 2.05) is 32.9 Å². The monoisotopic (exact) mass is 517 g/mol. The number of fused-ring (bicyclic) bond motifs is 1. The zero-order chi connectivity index (χ0) is 26.6. The number of nitrogens with zero attached hydrogens (tertiary/aromatic N) is 2. The van der Waals surface area contributed by atoms with Gasteiger partial charge in [0.15, 0.2) is 0 Å². The minimum atomic E-state index is -0.273. The van der Waals surface area contributed by atoms with Gasteiger partial charge in [0.1, 0.15) is 17.3 Å². The zero-order valence-corrected chi connectivity index (χ0v) is 22.4. The van der Waals surface area contributed by atoms with Crippen LogP contribution >= 0.6 is 0 Å². The molecule has 0 radical (unpaired) electrons. The van der Waals surface area contributed by atoms with Crippen LogP contribution in [0.1, 0.15) is 54.6 Å². The molecule has 2 fully saturated rings. The number of amides is 1. The molecule has 0 bridgehead atoms. The van der Waals surface area contributed by atoms with Crippen LogP contribution in [0.2, 0.25) is 0 Å². The van der Waals surface area contributed by atoms with Crippen molar-refractivity contribution in [2.45, 2.75) is 58.7 Å². The topological polar surface area (TPSA) is 63.7 Å². The van der Waals surface area contributed by atoms with Crippen LogP contribution in [0.15, 0.2) is 54.9 Å². The van der Waals surface area contributed by atoms with Gasteiger partial charge in [-0.15, -0.1) is 0 Å². The minimum Gasteiger partial charge on any atom is -0.493 e. The summed E-state index contributed by atoms with van der Waals surface area (Å²) in [6.07, 6.45) is 6.46. The van der Waals surface area contributed by atoms with Gasteiger partial charge in [0, 0.05) is 36.6 Å². The first-order chi connectivity index (χ1) is 18.5. The first-order valence-electron chi connectivity index (χ1n) is 13.6. The number of rotatable bonds is 9. The summed E-state index contributed by atoms with van der Waals surface area (Å²) in [7, 11) is 0. The Morgan fingerprint density at radius 1 is 1.05 bits per heavy atom. The van der Waals surface area contributed by atoms with Crippen LogP contribution in [0.3, 0.4) is 0 Å². The maximum absolute atomic E-state index is 13.7. The third-order valence-electron chi connectivity index (χ3n) is 7.75. The van der Waals surface area contributed by atoms with Crippen molar-refractivity contribution < 1.29 is 18.7 Å². The van der Waals surface area contributed by atoms with E-state index in [0.29, 0.717) is 30.7 Å². The number of carbonyl (C=O) groups is 1. The molecule has 1 amide bonds. The summed E-state index contributed by atoms with van der Waals surface area (Å²) >= 11 is 0. The van der Waals surface area contributed by atoms with Crippen LogP contribution in [-0.4, -0.2) is 47.6 Å². The Kier molecular flexibility index (Phi) is 7.93. The minimum absolute atomic E-state index is 0.0422. The van der Waals surface area contributed by atoms with Gasteiger partial charge >= 0.3 is 0 Å². The number of hydrogen-bond donors (Lipinski definition) is 1. The standard InChI is InChI=1S/C31H36FN3O3/c1-4-37-28-13-8-22(30(38-5-2)29(28)21-6-9-24(32)10-7-21)19-35-15-14-25-26(11-12-27(25)35)34-31(36)23-16-20(3)17-33-18-23/h6-10,13,16-18,25-27H,4-5,11-12,14-15,19H2,1-3H3,(H,34,36). The second-order valence-electron chi connectivity index (χ2n) is 10.2. The summed E-state index contributed by atoms with van der Waals surface area (Å²) in [5.74, 6) is 1.64. The van der Waals surface area contributed by atoms with Crippen molar-refractivity contribution >= 4 is 5.91 Å². The molecule has 1 aromatic heterocycles. The van der Waals surface area contributed by atoms with Crippen LogP contribution < -0.4 is 14.8 Å². The number of hydrogen-bond acceptors (Lipinski definition) is 5. The zero-order valence-electron chi connectivity index (χ0n) is 22.4. The molecule has 2 heterocycles. The summed E-state index contributed by atoms with van der Waals surface area (Å²) < 4.78 is 25.9. The van der Waals surface area contributed by atoms with Crippen LogP contribution in [-0.2, 0) is 6.54 Å². The molecule has 1 N–H and O–H groups in total. The normalized spacial score (nSPS) is 20.8. The van der Waals surface area contributed by atoms with E-state index in [1.165, 1.54) is 12.1 Å². The molecule has 3 unspecified atom stereocenters. The molecule has 5 rings (SSSR count).